The van der Waals surface area contributed by atoms with Gasteiger partial charge in [-0.15, -0.1) is 5.10 Å². The van der Waals surface area contributed by atoms with E-state index in [0.29, 0.717) is 11.4 Å². The van der Waals surface area contributed by atoms with Crippen LogP contribution in [0.2, 0.25) is 0 Å². The standard InChI is InChI=1S/C10H17N3OS/c1-3-5-13-9(7-11-12-13)10(14)8-15-6-4-2/h7H,3-6,8H2,1-2H3. The van der Waals surface area contributed by atoms with E-state index in [9.17, 15) is 4.79 Å². The second-order valence-electron chi connectivity index (χ2n) is 3.32. The number of rotatable bonds is 7. The maximum Gasteiger partial charge on any atom is 0.192 e. The summed E-state index contributed by atoms with van der Waals surface area (Å²) in [4.78, 5) is 11.8. The highest BCUT2D eigenvalue weighted by Gasteiger charge is 2.12. The molecule has 5 heteroatoms. The average molecular weight is 227 g/mol. The lowest BCUT2D eigenvalue weighted by Crippen LogP contribution is -2.12. The fourth-order valence-corrected chi connectivity index (χ4v) is 2.00. The first-order chi connectivity index (χ1) is 7.29. The minimum atomic E-state index is 0.131. The van der Waals surface area contributed by atoms with Gasteiger partial charge in [0.1, 0.15) is 5.69 Å². The van der Waals surface area contributed by atoms with Crippen LogP contribution in [0, 0.1) is 0 Å². The zero-order valence-electron chi connectivity index (χ0n) is 9.27. The van der Waals surface area contributed by atoms with Crippen LogP contribution in [0.15, 0.2) is 6.20 Å². The molecule has 0 atom stereocenters. The predicted molar refractivity (Wildman–Crippen MR) is 62.3 cm³/mol. The van der Waals surface area contributed by atoms with Crippen molar-refractivity contribution < 1.29 is 4.79 Å². The first kappa shape index (κ1) is 12.2. The minimum absolute atomic E-state index is 0.131. The van der Waals surface area contributed by atoms with Gasteiger partial charge >= 0.3 is 0 Å². The average Bonchev–Trinajstić information content (AvgIpc) is 2.67. The summed E-state index contributed by atoms with van der Waals surface area (Å²) in [6, 6.07) is 0. The Labute approximate surface area is 94.4 Å². The molecule has 0 aliphatic rings. The van der Waals surface area contributed by atoms with Crippen LogP contribution in [0.3, 0.4) is 0 Å². The smallest absolute Gasteiger partial charge is 0.192 e. The molecule has 1 heterocycles. The number of Topliss-reactive ketones (excluding diaryl/α,β-unsaturated/α-hetero) is 1. The summed E-state index contributed by atoms with van der Waals surface area (Å²) in [5, 5.41) is 7.66. The molecular formula is C10H17N3OS. The molecule has 0 bridgehead atoms. The van der Waals surface area contributed by atoms with Gasteiger partial charge in [-0.2, -0.15) is 11.8 Å². The van der Waals surface area contributed by atoms with Crippen LogP contribution >= 0.6 is 11.8 Å². The van der Waals surface area contributed by atoms with E-state index in [1.54, 1.807) is 22.6 Å². The monoisotopic (exact) mass is 227 g/mol. The van der Waals surface area contributed by atoms with E-state index in [1.165, 1.54) is 0 Å². The quantitative estimate of drug-likeness (QED) is 0.528. The third-order valence-corrected chi connectivity index (χ3v) is 3.08. The van der Waals surface area contributed by atoms with Crippen molar-refractivity contribution in [2.75, 3.05) is 11.5 Å². The summed E-state index contributed by atoms with van der Waals surface area (Å²) < 4.78 is 1.69. The fraction of sp³-hybridized carbons (Fsp3) is 0.700. The van der Waals surface area contributed by atoms with Crippen molar-refractivity contribution in [3.8, 4) is 0 Å². The Morgan fingerprint density at radius 3 is 2.93 bits per heavy atom. The lowest BCUT2D eigenvalue weighted by Gasteiger charge is -2.03. The van der Waals surface area contributed by atoms with Crippen LogP contribution in [0.25, 0.3) is 0 Å². The fourth-order valence-electron chi connectivity index (χ4n) is 1.23. The Balaban J connectivity index is 2.53. The molecule has 4 nitrogen and oxygen atoms in total. The number of carbonyl (C=O) groups is 1. The highest BCUT2D eigenvalue weighted by Crippen LogP contribution is 2.07. The van der Waals surface area contributed by atoms with Gasteiger partial charge in [-0.05, 0) is 18.6 Å². The molecule has 0 fully saturated rings. The predicted octanol–water partition coefficient (Wildman–Crippen LogP) is 2.01. The maximum atomic E-state index is 11.8. The molecule has 0 saturated carbocycles. The van der Waals surface area contributed by atoms with Gasteiger partial charge in [-0.25, -0.2) is 4.68 Å². The Morgan fingerprint density at radius 2 is 2.27 bits per heavy atom. The molecule has 0 saturated heterocycles. The summed E-state index contributed by atoms with van der Waals surface area (Å²) in [6.07, 6.45) is 3.63. The van der Waals surface area contributed by atoms with Crippen LogP contribution in [0.4, 0.5) is 0 Å². The Morgan fingerprint density at radius 1 is 1.47 bits per heavy atom. The maximum absolute atomic E-state index is 11.8. The van der Waals surface area contributed by atoms with Crippen molar-refractivity contribution in [1.29, 1.82) is 0 Å². The Kier molecular flexibility index (Phi) is 5.39. The number of aromatic nitrogens is 3. The molecule has 0 spiro atoms. The van der Waals surface area contributed by atoms with Gasteiger partial charge in [0.15, 0.2) is 5.78 Å². The Bertz CT molecular complexity index is 311. The summed E-state index contributed by atoms with van der Waals surface area (Å²) in [6.45, 7) is 4.93. The second kappa shape index (κ2) is 6.61. The second-order valence-corrected chi connectivity index (χ2v) is 4.42. The van der Waals surface area contributed by atoms with Crippen LogP contribution in [0.5, 0.6) is 0 Å². The highest BCUT2D eigenvalue weighted by molar-refractivity contribution is 7.99. The molecule has 1 aromatic rings. The van der Waals surface area contributed by atoms with E-state index >= 15 is 0 Å². The number of nitrogens with zero attached hydrogens (tertiary/aromatic N) is 3. The van der Waals surface area contributed by atoms with E-state index in [2.05, 4.69) is 24.2 Å². The van der Waals surface area contributed by atoms with Crippen molar-refractivity contribution in [3.05, 3.63) is 11.9 Å². The van der Waals surface area contributed by atoms with E-state index in [4.69, 9.17) is 0 Å². The van der Waals surface area contributed by atoms with E-state index in [0.717, 1.165) is 25.1 Å². The first-order valence-electron chi connectivity index (χ1n) is 5.29. The highest BCUT2D eigenvalue weighted by atomic mass is 32.2. The molecule has 0 aliphatic heterocycles. The van der Waals surface area contributed by atoms with Crippen molar-refractivity contribution in [3.63, 3.8) is 0 Å². The van der Waals surface area contributed by atoms with Crippen molar-refractivity contribution in [1.82, 2.24) is 15.0 Å². The lowest BCUT2D eigenvalue weighted by molar-refractivity contribution is 0.101. The number of hydrogen-bond donors (Lipinski definition) is 0. The van der Waals surface area contributed by atoms with E-state index in [1.807, 2.05) is 0 Å². The number of aryl methyl sites for hydroxylation is 1. The van der Waals surface area contributed by atoms with Crippen LogP contribution < -0.4 is 0 Å². The summed E-state index contributed by atoms with van der Waals surface area (Å²) in [5.74, 6) is 1.69. The SMILES string of the molecule is CCCSCC(=O)c1cnnn1CCC. The molecule has 0 aromatic carbocycles. The third-order valence-electron chi connectivity index (χ3n) is 1.92. The molecule has 15 heavy (non-hydrogen) atoms. The van der Waals surface area contributed by atoms with Gasteiger partial charge in [-0.3, -0.25) is 4.79 Å². The minimum Gasteiger partial charge on any atom is -0.291 e. The molecule has 0 amide bonds. The molecule has 0 N–H and O–H groups in total. The van der Waals surface area contributed by atoms with Crippen LogP contribution in [-0.2, 0) is 6.54 Å². The van der Waals surface area contributed by atoms with Gasteiger partial charge < -0.3 is 0 Å². The van der Waals surface area contributed by atoms with Gasteiger partial charge in [0.25, 0.3) is 0 Å². The third kappa shape index (κ3) is 3.66. The molecule has 84 valence electrons. The van der Waals surface area contributed by atoms with Crippen LogP contribution in [-0.4, -0.2) is 32.3 Å². The molecule has 0 unspecified atom stereocenters. The van der Waals surface area contributed by atoms with Crippen molar-refractivity contribution in [2.45, 2.75) is 33.2 Å². The topological polar surface area (TPSA) is 47.8 Å². The number of ketones is 1. The van der Waals surface area contributed by atoms with Gasteiger partial charge in [0, 0.05) is 6.54 Å². The van der Waals surface area contributed by atoms with E-state index in [-0.39, 0.29) is 5.78 Å². The molecule has 1 rings (SSSR count). The number of hydrogen-bond acceptors (Lipinski definition) is 4. The van der Waals surface area contributed by atoms with Gasteiger partial charge in [0.2, 0.25) is 0 Å². The zero-order valence-corrected chi connectivity index (χ0v) is 10.1. The number of carbonyl (C=O) groups excluding carboxylic acids is 1. The molecular weight excluding hydrogens is 210 g/mol. The Hall–Kier alpha value is -0.840. The van der Waals surface area contributed by atoms with Gasteiger partial charge in [-0.1, -0.05) is 19.1 Å². The van der Waals surface area contributed by atoms with Crippen LogP contribution in [0.1, 0.15) is 37.2 Å². The first-order valence-corrected chi connectivity index (χ1v) is 6.44. The summed E-state index contributed by atoms with van der Waals surface area (Å²) in [5.41, 5.74) is 0.639. The molecule has 1 aromatic heterocycles. The zero-order chi connectivity index (χ0) is 11.1. The summed E-state index contributed by atoms with van der Waals surface area (Å²) >= 11 is 1.67. The summed E-state index contributed by atoms with van der Waals surface area (Å²) in [7, 11) is 0. The largest absolute Gasteiger partial charge is 0.291 e. The molecule has 0 aliphatic carbocycles. The molecule has 0 radical (unpaired) electrons. The lowest BCUT2D eigenvalue weighted by atomic mass is 10.3. The van der Waals surface area contributed by atoms with E-state index < -0.39 is 0 Å². The van der Waals surface area contributed by atoms with Crippen molar-refractivity contribution >= 4 is 17.5 Å². The number of thioether (sulfide) groups is 1. The normalized spacial score (nSPS) is 10.5. The van der Waals surface area contributed by atoms with Crippen molar-refractivity contribution in [2.24, 2.45) is 0 Å². The van der Waals surface area contributed by atoms with Gasteiger partial charge in [0.05, 0.1) is 11.9 Å².